The van der Waals surface area contributed by atoms with E-state index in [0.29, 0.717) is 11.3 Å². The molecule has 2 N–H and O–H groups in total. The van der Waals surface area contributed by atoms with E-state index in [2.05, 4.69) is 65.6 Å². The average molecular weight is 485 g/mol. The number of aliphatic imine (C=N–C) groups is 1. The van der Waals surface area contributed by atoms with E-state index in [1.807, 2.05) is 16.9 Å². The number of nitrogens with zero attached hydrogens (tertiary/aromatic N) is 3. The van der Waals surface area contributed by atoms with Crippen LogP contribution in [0.5, 0.6) is 0 Å². The van der Waals surface area contributed by atoms with Crippen molar-refractivity contribution in [2.75, 3.05) is 18.8 Å². The van der Waals surface area contributed by atoms with Gasteiger partial charge in [-0.15, -0.1) is 24.0 Å². The molecule has 26 heavy (non-hydrogen) atoms. The Morgan fingerprint density at radius 2 is 2.23 bits per heavy atom. The van der Waals surface area contributed by atoms with Crippen molar-refractivity contribution in [1.29, 1.82) is 0 Å². The smallest absolute Gasteiger partial charge is 0.191 e. The minimum absolute atomic E-state index is 0. The molecule has 1 fully saturated rings. The summed E-state index contributed by atoms with van der Waals surface area (Å²) in [5.41, 5.74) is 2.23. The molecular weight excluding hydrogens is 457 g/mol. The number of guanidine groups is 1. The molecule has 0 amide bonds. The third-order valence-corrected chi connectivity index (χ3v) is 5.91. The SMILES string of the molecule is CCNC(=NCc1cccc(-n2cccn2)c1)NCC1(C)CCCS1.I. The molecule has 5 nitrogen and oxygen atoms in total. The fraction of sp³-hybridized carbons (Fsp3) is 0.474. The number of hydrogen-bond donors (Lipinski definition) is 2. The van der Waals surface area contributed by atoms with E-state index in [1.165, 1.54) is 24.2 Å². The molecule has 1 aromatic carbocycles. The first kappa shape index (κ1) is 21.1. The first-order chi connectivity index (χ1) is 12.2. The summed E-state index contributed by atoms with van der Waals surface area (Å²) < 4.78 is 2.20. The molecule has 1 aliphatic heterocycles. The Morgan fingerprint density at radius 3 is 2.92 bits per heavy atom. The predicted molar refractivity (Wildman–Crippen MR) is 122 cm³/mol. The van der Waals surface area contributed by atoms with Gasteiger partial charge in [0.05, 0.1) is 12.2 Å². The van der Waals surface area contributed by atoms with Crippen LogP contribution in [0, 0.1) is 0 Å². The van der Waals surface area contributed by atoms with Crippen LogP contribution < -0.4 is 10.6 Å². The Kier molecular flexibility index (Phi) is 8.27. The zero-order valence-electron chi connectivity index (χ0n) is 15.4. The lowest BCUT2D eigenvalue weighted by molar-refractivity contribution is 0.584. The van der Waals surface area contributed by atoms with E-state index in [4.69, 9.17) is 4.99 Å². The summed E-state index contributed by atoms with van der Waals surface area (Å²) in [5, 5.41) is 11.2. The zero-order valence-corrected chi connectivity index (χ0v) is 18.6. The van der Waals surface area contributed by atoms with Crippen LogP contribution in [0.3, 0.4) is 0 Å². The molecule has 2 aromatic rings. The molecule has 0 spiro atoms. The molecule has 1 unspecified atom stereocenters. The number of hydrogen-bond acceptors (Lipinski definition) is 3. The molecule has 3 rings (SSSR count). The van der Waals surface area contributed by atoms with Gasteiger partial charge in [0.1, 0.15) is 0 Å². The highest BCUT2D eigenvalue weighted by molar-refractivity contribution is 14.0. The van der Waals surface area contributed by atoms with Crippen molar-refractivity contribution in [2.45, 2.75) is 38.0 Å². The van der Waals surface area contributed by atoms with E-state index in [-0.39, 0.29) is 24.0 Å². The number of rotatable bonds is 6. The molecule has 1 aliphatic rings. The van der Waals surface area contributed by atoms with Gasteiger partial charge in [0.2, 0.25) is 0 Å². The number of aromatic nitrogens is 2. The van der Waals surface area contributed by atoms with E-state index in [0.717, 1.165) is 24.7 Å². The molecule has 142 valence electrons. The molecule has 0 radical (unpaired) electrons. The highest BCUT2D eigenvalue weighted by atomic mass is 127. The third kappa shape index (κ3) is 5.90. The van der Waals surface area contributed by atoms with Gasteiger partial charge in [-0.2, -0.15) is 16.9 Å². The van der Waals surface area contributed by atoms with Crippen LogP contribution in [0.25, 0.3) is 5.69 Å². The van der Waals surface area contributed by atoms with Crippen molar-refractivity contribution in [3.05, 3.63) is 48.3 Å². The summed E-state index contributed by atoms with van der Waals surface area (Å²) in [6.45, 7) is 6.91. The maximum absolute atomic E-state index is 4.75. The van der Waals surface area contributed by atoms with E-state index < -0.39 is 0 Å². The Hall–Kier alpha value is -1.22. The fourth-order valence-electron chi connectivity index (χ4n) is 2.98. The maximum atomic E-state index is 4.75. The van der Waals surface area contributed by atoms with E-state index in [9.17, 15) is 0 Å². The molecule has 1 saturated heterocycles. The minimum atomic E-state index is 0. The summed E-state index contributed by atoms with van der Waals surface area (Å²) in [6.07, 6.45) is 6.33. The zero-order chi connectivity index (χ0) is 17.5. The van der Waals surface area contributed by atoms with Crippen molar-refractivity contribution >= 4 is 41.7 Å². The highest BCUT2D eigenvalue weighted by Gasteiger charge is 2.29. The quantitative estimate of drug-likeness (QED) is 0.371. The van der Waals surface area contributed by atoms with Crippen LogP contribution in [-0.2, 0) is 6.54 Å². The van der Waals surface area contributed by atoms with E-state index >= 15 is 0 Å². The van der Waals surface area contributed by atoms with Gasteiger partial charge >= 0.3 is 0 Å². The molecule has 1 atom stereocenters. The van der Waals surface area contributed by atoms with Crippen LogP contribution in [0.2, 0.25) is 0 Å². The van der Waals surface area contributed by atoms with Gasteiger partial charge in [0.15, 0.2) is 5.96 Å². The Balaban J connectivity index is 0.00000243. The summed E-state index contributed by atoms with van der Waals surface area (Å²) in [7, 11) is 0. The highest BCUT2D eigenvalue weighted by Crippen LogP contribution is 2.36. The van der Waals surface area contributed by atoms with Crippen molar-refractivity contribution in [3.8, 4) is 5.69 Å². The van der Waals surface area contributed by atoms with Crippen LogP contribution in [0.15, 0.2) is 47.7 Å². The molecule has 7 heteroatoms. The first-order valence-electron chi connectivity index (χ1n) is 8.94. The average Bonchev–Trinajstić information content (AvgIpc) is 3.30. The van der Waals surface area contributed by atoms with Crippen LogP contribution >= 0.6 is 35.7 Å². The standard InChI is InChI=1S/C19H27N5S.HI/c1-3-20-18(22-15-19(2)9-5-12-25-19)21-14-16-7-4-8-17(13-16)24-11-6-10-23-24;/h4,6-8,10-11,13H,3,5,9,12,14-15H2,1-2H3,(H2,20,21,22);1H. The number of benzene rings is 1. The van der Waals surface area contributed by atoms with Crippen LogP contribution in [0.4, 0.5) is 0 Å². The van der Waals surface area contributed by atoms with Crippen LogP contribution in [-0.4, -0.2) is 39.3 Å². The molecule has 1 aromatic heterocycles. The van der Waals surface area contributed by atoms with Gasteiger partial charge < -0.3 is 10.6 Å². The molecule has 0 saturated carbocycles. The molecule has 2 heterocycles. The lowest BCUT2D eigenvalue weighted by atomic mass is 10.1. The van der Waals surface area contributed by atoms with Gasteiger partial charge in [-0.3, -0.25) is 0 Å². The number of nitrogens with one attached hydrogen (secondary N) is 2. The number of halogens is 1. The number of thioether (sulfide) groups is 1. The third-order valence-electron chi connectivity index (χ3n) is 4.37. The maximum Gasteiger partial charge on any atom is 0.191 e. The molecule has 0 bridgehead atoms. The first-order valence-corrected chi connectivity index (χ1v) is 9.92. The van der Waals surface area contributed by atoms with Crippen molar-refractivity contribution in [2.24, 2.45) is 4.99 Å². The van der Waals surface area contributed by atoms with Crippen molar-refractivity contribution in [1.82, 2.24) is 20.4 Å². The Labute approximate surface area is 177 Å². The monoisotopic (exact) mass is 485 g/mol. The molecular formula is C19H28IN5S. The Morgan fingerprint density at radius 1 is 1.35 bits per heavy atom. The van der Waals surface area contributed by atoms with Gasteiger partial charge in [-0.05, 0) is 56.2 Å². The van der Waals surface area contributed by atoms with Gasteiger partial charge in [0, 0.05) is 30.2 Å². The van der Waals surface area contributed by atoms with Crippen molar-refractivity contribution in [3.63, 3.8) is 0 Å². The summed E-state index contributed by atoms with van der Waals surface area (Å²) >= 11 is 2.06. The minimum Gasteiger partial charge on any atom is -0.357 e. The van der Waals surface area contributed by atoms with Crippen LogP contribution in [0.1, 0.15) is 32.3 Å². The molecule has 0 aliphatic carbocycles. The van der Waals surface area contributed by atoms with Crippen molar-refractivity contribution < 1.29 is 0 Å². The summed E-state index contributed by atoms with van der Waals surface area (Å²) in [5.74, 6) is 2.16. The summed E-state index contributed by atoms with van der Waals surface area (Å²) in [4.78, 5) is 4.75. The lowest BCUT2D eigenvalue weighted by Crippen LogP contribution is -2.43. The second-order valence-electron chi connectivity index (χ2n) is 6.57. The van der Waals surface area contributed by atoms with Gasteiger partial charge in [-0.25, -0.2) is 9.67 Å². The lowest BCUT2D eigenvalue weighted by Gasteiger charge is -2.24. The van der Waals surface area contributed by atoms with Gasteiger partial charge in [0.25, 0.3) is 0 Å². The predicted octanol–water partition coefficient (Wildman–Crippen LogP) is 3.83. The second kappa shape index (κ2) is 10.2. The largest absolute Gasteiger partial charge is 0.357 e. The van der Waals surface area contributed by atoms with Gasteiger partial charge in [-0.1, -0.05) is 12.1 Å². The van der Waals surface area contributed by atoms with E-state index in [1.54, 1.807) is 6.20 Å². The fourth-order valence-corrected chi connectivity index (χ4v) is 4.22. The second-order valence-corrected chi connectivity index (χ2v) is 8.25. The summed E-state index contributed by atoms with van der Waals surface area (Å²) in [6, 6.07) is 10.3. The topological polar surface area (TPSA) is 54.2 Å². The normalized spacial score (nSPS) is 19.8. The Bertz CT molecular complexity index is 696.